The maximum Gasteiger partial charge on any atom is 0.170 e. The van der Waals surface area contributed by atoms with E-state index in [2.05, 4.69) is 0 Å². The number of hydrogen-bond donors (Lipinski definition) is 0. The first-order valence-electron chi connectivity index (χ1n) is 6.79. The van der Waals surface area contributed by atoms with Crippen molar-refractivity contribution >= 4 is 11.6 Å². The lowest BCUT2D eigenvalue weighted by molar-refractivity contribution is 0.0573. The Balaban J connectivity index is 2.13. The summed E-state index contributed by atoms with van der Waals surface area (Å²) in [6.45, 7) is 7.51. The molecular weight excluding hydrogens is 256 g/mol. The molecule has 3 rings (SSSR count). The van der Waals surface area contributed by atoms with Gasteiger partial charge in [0.05, 0.1) is 24.0 Å². The van der Waals surface area contributed by atoms with Crippen LogP contribution < -0.4 is 9.47 Å². The molecule has 4 nitrogen and oxygen atoms in total. The van der Waals surface area contributed by atoms with Gasteiger partial charge in [-0.15, -0.1) is 0 Å². The average molecular weight is 274 g/mol. The van der Waals surface area contributed by atoms with Crippen molar-refractivity contribution in [2.75, 3.05) is 0 Å². The summed E-state index contributed by atoms with van der Waals surface area (Å²) in [6.07, 6.45) is 0.638. The minimum Gasteiger partial charge on any atom is -0.486 e. The summed E-state index contributed by atoms with van der Waals surface area (Å²) in [7, 11) is 0. The lowest BCUT2D eigenvalue weighted by Crippen LogP contribution is -2.38. The molecule has 0 N–H and O–H groups in total. The molecule has 0 atom stereocenters. The predicted molar refractivity (Wildman–Crippen MR) is 73.8 cm³/mol. The smallest absolute Gasteiger partial charge is 0.170 e. The van der Waals surface area contributed by atoms with Gasteiger partial charge < -0.3 is 9.47 Å². The Morgan fingerprint density at radius 3 is 1.60 bits per heavy atom. The Hall–Kier alpha value is -1.84. The number of ether oxygens (including phenoxy) is 2. The maximum absolute atomic E-state index is 12.2. The van der Waals surface area contributed by atoms with Gasteiger partial charge in [0.1, 0.15) is 22.7 Å². The summed E-state index contributed by atoms with van der Waals surface area (Å²) in [5, 5.41) is 0. The van der Waals surface area contributed by atoms with Crippen LogP contribution in [0.15, 0.2) is 12.1 Å². The minimum absolute atomic E-state index is 0.0108. The second-order valence-corrected chi connectivity index (χ2v) is 6.77. The van der Waals surface area contributed by atoms with Crippen LogP contribution in [0.5, 0.6) is 11.5 Å². The predicted octanol–water partition coefficient (Wildman–Crippen LogP) is 3.17. The van der Waals surface area contributed by atoms with Crippen molar-refractivity contribution < 1.29 is 19.1 Å². The highest BCUT2D eigenvalue weighted by Gasteiger charge is 2.37. The van der Waals surface area contributed by atoms with Gasteiger partial charge in [-0.1, -0.05) is 0 Å². The Labute approximate surface area is 118 Å². The number of rotatable bonds is 0. The minimum atomic E-state index is -0.521. The summed E-state index contributed by atoms with van der Waals surface area (Å²) in [4.78, 5) is 24.4. The Morgan fingerprint density at radius 1 is 0.800 bits per heavy atom. The fourth-order valence-corrected chi connectivity index (χ4v) is 2.80. The van der Waals surface area contributed by atoms with Gasteiger partial charge in [0.2, 0.25) is 0 Å². The van der Waals surface area contributed by atoms with Crippen molar-refractivity contribution in [1.29, 1.82) is 0 Å². The maximum atomic E-state index is 12.2. The van der Waals surface area contributed by atoms with E-state index < -0.39 is 11.2 Å². The molecule has 2 heterocycles. The molecule has 0 saturated heterocycles. The van der Waals surface area contributed by atoms with Crippen LogP contribution in [0.1, 0.15) is 61.3 Å². The third kappa shape index (κ3) is 2.09. The van der Waals surface area contributed by atoms with Gasteiger partial charge in [0.15, 0.2) is 11.6 Å². The van der Waals surface area contributed by atoms with E-state index >= 15 is 0 Å². The molecule has 0 bridgehead atoms. The highest BCUT2D eigenvalue weighted by Crippen LogP contribution is 2.41. The zero-order valence-corrected chi connectivity index (χ0v) is 12.2. The summed E-state index contributed by atoms with van der Waals surface area (Å²) in [5.74, 6) is 1.04. The van der Waals surface area contributed by atoms with E-state index in [4.69, 9.17) is 9.47 Å². The van der Waals surface area contributed by atoms with Crippen molar-refractivity contribution in [2.45, 2.75) is 51.7 Å². The average Bonchev–Trinajstić information content (AvgIpc) is 2.23. The molecule has 1 aromatic rings. The van der Waals surface area contributed by atoms with Crippen LogP contribution >= 0.6 is 0 Å². The summed E-state index contributed by atoms with van der Waals surface area (Å²) < 4.78 is 11.7. The molecule has 0 saturated carbocycles. The first-order valence-corrected chi connectivity index (χ1v) is 6.79. The van der Waals surface area contributed by atoms with E-state index in [1.54, 1.807) is 12.1 Å². The molecule has 0 radical (unpaired) electrons. The number of ketones is 2. The third-order valence-electron chi connectivity index (χ3n) is 3.63. The Kier molecular flexibility index (Phi) is 2.53. The van der Waals surface area contributed by atoms with E-state index in [0.29, 0.717) is 35.5 Å². The molecule has 1 aromatic carbocycles. The molecule has 4 heteroatoms. The highest BCUT2D eigenvalue weighted by atomic mass is 16.5. The molecule has 0 unspecified atom stereocenters. The van der Waals surface area contributed by atoms with Crippen LogP contribution in [0.4, 0.5) is 0 Å². The Bertz CT molecular complexity index is 574. The van der Waals surface area contributed by atoms with Crippen LogP contribution in [0, 0.1) is 0 Å². The van der Waals surface area contributed by atoms with Gasteiger partial charge in [-0.25, -0.2) is 0 Å². The summed E-state index contributed by atoms with van der Waals surface area (Å²) in [5.41, 5.74) is -0.0709. The first kappa shape index (κ1) is 13.2. The van der Waals surface area contributed by atoms with Gasteiger partial charge >= 0.3 is 0 Å². The summed E-state index contributed by atoms with van der Waals surface area (Å²) >= 11 is 0. The van der Waals surface area contributed by atoms with Crippen molar-refractivity contribution in [3.63, 3.8) is 0 Å². The summed E-state index contributed by atoms with van der Waals surface area (Å²) in [6, 6.07) is 3.31. The monoisotopic (exact) mass is 274 g/mol. The molecule has 2 aliphatic rings. The number of carbonyl (C=O) groups is 2. The molecule has 0 aliphatic carbocycles. The molecule has 20 heavy (non-hydrogen) atoms. The van der Waals surface area contributed by atoms with Gasteiger partial charge in [-0.3, -0.25) is 9.59 Å². The molecule has 0 amide bonds. The first-order chi connectivity index (χ1) is 9.17. The van der Waals surface area contributed by atoms with Crippen LogP contribution in [-0.4, -0.2) is 22.8 Å². The zero-order chi connectivity index (χ0) is 14.7. The molecule has 0 aromatic heterocycles. The third-order valence-corrected chi connectivity index (χ3v) is 3.63. The lowest BCUT2D eigenvalue weighted by Gasteiger charge is -2.35. The van der Waals surface area contributed by atoms with E-state index in [9.17, 15) is 9.59 Å². The number of benzene rings is 1. The second kappa shape index (κ2) is 3.84. The largest absolute Gasteiger partial charge is 0.486 e. The van der Waals surface area contributed by atoms with Gasteiger partial charge in [0, 0.05) is 6.07 Å². The SMILES string of the molecule is CC1(C)CC(=O)c2cc3c(cc2O1)OC(C)(C)CC3=O. The molecule has 0 spiro atoms. The van der Waals surface area contributed by atoms with E-state index in [1.165, 1.54) is 0 Å². The van der Waals surface area contributed by atoms with Crippen LogP contribution in [0.3, 0.4) is 0 Å². The lowest BCUT2D eigenvalue weighted by atomic mass is 9.88. The second-order valence-electron chi connectivity index (χ2n) is 6.77. The van der Waals surface area contributed by atoms with Gasteiger partial charge in [-0.05, 0) is 33.8 Å². The van der Waals surface area contributed by atoms with Crippen molar-refractivity contribution in [2.24, 2.45) is 0 Å². The van der Waals surface area contributed by atoms with E-state index in [0.717, 1.165) is 0 Å². The van der Waals surface area contributed by atoms with Gasteiger partial charge in [-0.2, -0.15) is 0 Å². The fourth-order valence-electron chi connectivity index (χ4n) is 2.80. The van der Waals surface area contributed by atoms with Crippen LogP contribution in [0.25, 0.3) is 0 Å². The van der Waals surface area contributed by atoms with E-state index in [1.807, 2.05) is 27.7 Å². The normalized spacial score (nSPS) is 22.4. The number of Topliss-reactive ketones (excluding diaryl/α,β-unsaturated/α-hetero) is 2. The van der Waals surface area contributed by atoms with Crippen LogP contribution in [-0.2, 0) is 0 Å². The number of fused-ring (bicyclic) bond motifs is 2. The molecule has 0 fully saturated rings. The Morgan fingerprint density at radius 2 is 1.20 bits per heavy atom. The van der Waals surface area contributed by atoms with Crippen molar-refractivity contribution in [3.05, 3.63) is 23.3 Å². The number of carbonyl (C=O) groups excluding carboxylic acids is 2. The number of hydrogen-bond acceptors (Lipinski definition) is 4. The molecule has 106 valence electrons. The fraction of sp³-hybridized carbons (Fsp3) is 0.500. The zero-order valence-electron chi connectivity index (χ0n) is 12.2. The quantitative estimate of drug-likeness (QED) is 0.729. The standard InChI is InChI=1S/C16H18O4/c1-15(2)7-11(17)9-5-10-12(18)8-16(3,4)20-14(10)6-13(9)19-15/h5-6H,7-8H2,1-4H3. The van der Waals surface area contributed by atoms with Gasteiger partial charge in [0.25, 0.3) is 0 Å². The van der Waals surface area contributed by atoms with Crippen molar-refractivity contribution in [3.8, 4) is 11.5 Å². The highest BCUT2D eigenvalue weighted by molar-refractivity contribution is 6.06. The topological polar surface area (TPSA) is 52.6 Å². The van der Waals surface area contributed by atoms with E-state index in [-0.39, 0.29) is 11.6 Å². The van der Waals surface area contributed by atoms with Crippen LogP contribution in [0.2, 0.25) is 0 Å². The molecular formula is C16H18O4. The molecule has 2 aliphatic heterocycles. The van der Waals surface area contributed by atoms with Crippen molar-refractivity contribution in [1.82, 2.24) is 0 Å².